The minimum atomic E-state index is -0.331. The van der Waals surface area contributed by atoms with Crippen molar-refractivity contribution < 1.29 is 4.74 Å². The Morgan fingerprint density at radius 1 is 1.24 bits per heavy atom. The molecule has 0 saturated carbocycles. The Balaban J connectivity index is 2.17. The molecule has 0 aliphatic heterocycles. The van der Waals surface area contributed by atoms with E-state index in [1.54, 1.807) is 6.33 Å². The van der Waals surface area contributed by atoms with Gasteiger partial charge in [0.15, 0.2) is 0 Å². The summed E-state index contributed by atoms with van der Waals surface area (Å²) in [5, 5.41) is 0. The molecule has 1 heterocycles. The van der Waals surface area contributed by atoms with Gasteiger partial charge >= 0.3 is 0 Å². The van der Waals surface area contributed by atoms with Gasteiger partial charge in [0.2, 0.25) is 5.88 Å². The molecule has 17 heavy (non-hydrogen) atoms. The molecule has 0 radical (unpaired) electrons. The maximum atomic E-state index is 5.92. The van der Waals surface area contributed by atoms with Crippen LogP contribution in [0.5, 0.6) is 5.88 Å². The highest BCUT2D eigenvalue weighted by molar-refractivity contribution is 5.31. The molecule has 1 aliphatic carbocycles. The van der Waals surface area contributed by atoms with Gasteiger partial charge in [-0.2, -0.15) is 0 Å². The molecule has 4 heteroatoms. The molecule has 0 fully saturated rings. The van der Waals surface area contributed by atoms with E-state index in [1.807, 2.05) is 13.8 Å². The molecule has 1 aromatic rings. The number of nitrogens with two attached hydrogens (primary N) is 1. The first kappa shape index (κ1) is 12.3. The molecular formula is C13H21N3O. The van der Waals surface area contributed by atoms with E-state index < -0.39 is 0 Å². The van der Waals surface area contributed by atoms with Gasteiger partial charge in [-0.1, -0.05) is 6.42 Å². The lowest BCUT2D eigenvalue weighted by molar-refractivity contribution is 0.232. The van der Waals surface area contributed by atoms with Crippen molar-refractivity contribution in [1.82, 2.24) is 9.97 Å². The van der Waals surface area contributed by atoms with Crippen molar-refractivity contribution in [3.63, 3.8) is 0 Å². The average Bonchev–Trinajstić information content (AvgIpc) is 2.50. The maximum absolute atomic E-state index is 5.92. The van der Waals surface area contributed by atoms with E-state index in [4.69, 9.17) is 10.5 Å². The molecule has 0 spiro atoms. The van der Waals surface area contributed by atoms with Crippen molar-refractivity contribution in [3.05, 3.63) is 17.6 Å². The van der Waals surface area contributed by atoms with E-state index in [9.17, 15) is 0 Å². The molecule has 0 bridgehead atoms. The predicted molar refractivity (Wildman–Crippen MR) is 67.1 cm³/mol. The molecule has 1 aliphatic rings. The summed E-state index contributed by atoms with van der Waals surface area (Å²) in [6.45, 7) is 4.39. The number of rotatable bonds is 3. The lowest BCUT2D eigenvalue weighted by Crippen LogP contribution is -2.39. The van der Waals surface area contributed by atoms with Crippen molar-refractivity contribution in [3.8, 4) is 5.88 Å². The highest BCUT2D eigenvalue weighted by Crippen LogP contribution is 2.25. The standard InChI is InChI=1S/C13H21N3O/c1-13(2,14)8-17-12-10-6-4-3-5-7-11(10)15-9-16-12/h9H,3-8,14H2,1-2H3. The van der Waals surface area contributed by atoms with Crippen molar-refractivity contribution in [1.29, 1.82) is 0 Å². The van der Waals surface area contributed by atoms with Crippen LogP contribution in [-0.2, 0) is 12.8 Å². The molecule has 2 N–H and O–H groups in total. The molecule has 0 saturated heterocycles. The Labute approximate surface area is 103 Å². The van der Waals surface area contributed by atoms with Crippen molar-refractivity contribution >= 4 is 0 Å². The van der Waals surface area contributed by atoms with Gasteiger partial charge in [0.25, 0.3) is 0 Å². The summed E-state index contributed by atoms with van der Waals surface area (Å²) < 4.78 is 5.75. The summed E-state index contributed by atoms with van der Waals surface area (Å²) in [5.41, 5.74) is 7.94. The van der Waals surface area contributed by atoms with Crippen LogP contribution in [-0.4, -0.2) is 22.1 Å². The first-order chi connectivity index (χ1) is 8.06. The molecule has 94 valence electrons. The van der Waals surface area contributed by atoms with Gasteiger partial charge < -0.3 is 10.5 Å². The maximum Gasteiger partial charge on any atom is 0.219 e. The van der Waals surface area contributed by atoms with E-state index in [2.05, 4.69) is 9.97 Å². The van der Waals surface area contributed by atoms with Crippen LogP contribution in [0.3, 0.4) is 0 Å². The van der Waals surface area contributed by atoms with Crippen LogP contribution in [0.1, 0.15) is 44.4 Å². The zero-order chi connectivity index (χ0) is 12.3. The lowest BCUT2D eigenvalue weighted by atomic mass is 10.1. The fourth-order valence-corrected chi connectivity index (χ4v) is 2.05. The molecule has 1 aromatic heterocycles. The molecule has 0 aromatic carbocycles. The smallest absolute Gasteiger partial charge is 0.219 e. The second kappa shape index (κ2) is 5.00. The normalized spacial score (nSPS) is 16.2. The van der Waals surface area contributed by atoms with Gasteiger partial charge in [-0.15, -0.1) is 0 Å². The SMILES string of the molecule is CC(C)(N)COc1ncnc2c1CCCCC2. The van der Waals surface area contributed by atoms with Gasteiger partial charge in [0, 0.05) is 11.1 Å². The molecular weight excluding hydrogens is 214 g/mol. The molecule has 2 rings (SSSR count). The fourth-order valence-electron chi connectivity index (χ4n) is 2.05. The third-order valence-corrected chi connectivity index (χ3v) is 2.92. The number of nitrogens with zero attached hydrogens (tertiary/aromatic N) is 2. The van der Waals surface area contributed by atoms with Gasteiger partial charge in [-0.3, -0.25) is 0 Å². The summed E-state index contributed by atoms with van der Waals surface area (Å²) in [4.78, 5) is 8.61. The average molecular weight is 235 g/mol. The minimum absolute atomic E-state index is 0.331. The van der Waals surface area contributed by atoms with E-state index >= 15 is 0 Å². The summed E-state index contributed by atoms with van der Waals surface area (Å²) in [6, 6.07) is 0. The topological polar surface area (TPSA) is 61.0 Å². The van der Waals surface area contributed by atoms with Crippen LogP contribution in [0, 0.1) is 0 Å². The second-order valence-electron chi connectivity index (χ2n) is 5.44. The van der Waals surface area contributed by atoms with E-state index in [-0.39, 0.29) is 5.54 Å². The highest BCUT2D eigenvalue weighted by Gasteiger charge is 2.18. The summed E-state index contributed by atoms with van der Waals surface area (Å²) in [7, 11) is 0. The molecule has 0 atom stereocenters. The van der Waals surface area contributed by atoms with Gasteiger partial charge in [-0.25, -0.2) is 9.97 Å². The Morgan fingerprint density at radius 2 is 2.00 bits per heavy atom. The van der Waals surface area contributed by atoms with Crippen LogP contribution < -0.4 is 10.5 Å². The summed E-state index contributed by atoms with van der Waals surface area (Å²) in [6.07, 6.45) is 7.34. The second-order valence-corrected chi connectivity index (χ2v) is 5.44. The van der Waals surface area contributed by atoms with Crippen LogP contribution >= 0.6 is 0 Å². The Kier molecular flexibility index (Phi) is 3.62. The molecule has 0 unspecified atom stereocenters. The number of ether oxygens (including phenoxy) is 1. The molecule has 0 amide bonds. The van der Waals surface area contributed by atoms with Crippen molar-refractivity contribution in [2.45, 2.75) is 51.5 Å². The molecule has 4 nitrogen and oxygen atoms in total. The quantitative estimate of drug-likeness (QED) is 0.812. The van der Waals surface area contributed by atoms with Crippen LogP contribution in [0.25, 0.3) is 0 Å². The first-order valence-corrected chi connectivity index (χ1v) is 6.31. The van der Waals surface area contributed by atoms with E-state index in [0.29, 0.717) is 6.61 Å². The number of hydrogen-bond acceptors (Lipinski definition) is 4. The Hall–Kier alpha value is -1.16. The Bertz CT molecular complexity index is 385. The van der Waals surface area contributed by atoms with Crippen LogP contribution in [0.15, 0.2) is 6.33 Å². The number of aryl methyl sites for hydroxylation is 1. The lowest BCUT2D eigenvalue weighted by Gasteiger charge is -2.20. The van der Waals surface area contributed by atoms with Gasteiger partial charge in [0.1, 0.15) is 12.9 Å². The zero-order valence-electron chi connectivity index (χ0n) is 10.7. The van der Waals surface area contributed by atoms with Crippen molar-refractivity contribution in [2.75, 3.05) is 6.61 Å². The predicted octanol–water partition coefficient (Wildman–Crippen LogP) is 1.86. The largest absolute Gasteiger partial charge is 0.475 e. The van der Waals surface area contributed by atoms with Gasteiger partial charge in [0.05, 0.1) is 5.69 Å². The number of hydrogen-bond donors (Lipinski definition) is 1. The number of aromatic nitrogens is 2. The van der Waals surface area contributed by atoms with Crippen LogP contribution in [0.4, 0.5) is 0 Å². The third kappa shape index (κ3) is 3.40. The van der Waals surface area contributed by atoms with Crippen LogP contribution in [0.2, 0.25) is 0 Å². The van der Waals surface area contributed by atoms with Gasteiger partial charge in [-0.05, 0) is 39.5 Å². The summed E-state index contributed by atoms with van der Waals surface area (Å²) >= 11 is 0. The van der Waals surface area contributed by atoms with E-state index in [1.165, 1.54) is 24.8 Å². The zero-order valence-corrected chi connectivity index (χ0v) is 10.7. The first-order valence-electron chi connectivity index (χ1n) is 6.31. The fraction of sp³-hybridized carbons (Fsp3) is 0.692. The third-order valence-electron chi connectivity index (χ3n) is 2.92. The highest BCUT2D eigenvalue weighted by atomic mass is 16.5. The van der Waals surface area contributed by atoms with E-state index in [0.717, 1.165) is 24.4 Å². The monoisotopic (exact) mass is 235 g/mol. The number of fused-ring (bicyclic) bond motifs is 1. The minimum Gasteiger partial charge on any atom is -0.475 e. The summed E-state index contributed by atoms with van der Waals surface area (Å²) in [5.74, 6) is 0.732. The Morgan fingerprint density at radius 3 is 2.76 bits per heavy atom. The van der Waals surface area contributed by atoms with Crippen molar-refractivity contribution in [2.24, 2.45) is 5.73 Å².